The molecule has 3 rings (SSSR count). The zero-order chi connectivity index (χ0) is 22.5. The molecule has 1 N–H and O–H groups in total. The summed E-state index contributed by atoms with van der Waals surface area (Å²) in [6.07, 6.45) is 0.902. The molecule has 0 saturated carbocycles. The van der Waals surface area contributed by atoms with E-state index in [4.69, 9.17) is 4.74 Å². The number of carbonyl (C=O) groups excluding carboxylic acids is 2. The summed E-state index contributed by atoms with van der Waals surface area (Å²) in [7, 11) is 3.82. The maximum Gasteiger partial charge on any atom is 0.295 e. The van der Waals surface area contributed by atoms with Crippen LogP contribution in [0.25, 0.3) is 5.76 Å². The number of aliphatic hydroxyl groups is 1. The van der Waals surface area contributed by atoms with E-state index in [0.717, 1.165) is 22.2 Å². The molecule has 164 valence electrons. The maximum atomic E-state index is 13.0. The number of hydrogen-bond donors (Lipinski definition) is 1. The Hall–Kier alpha value is -2.64. The van der Waals surface area contributed by atoms with Crippen LogP contribution in [-0.2, 0) is 9.59 Å². The van der Waals surface area contributed by atoms with Crippen molar-refractivity contribution < 1.29 is 19.4 Å². The van der Waals surface area contributed by atoms with Gasteiger partial charge in [0.05, 0.1) is 18.2 Å². The van der Waals surface area contributed by atoms with Crippen molar-refractivity contribution in [1.82, 2.24) is 9.80 Å². The predicted molar refractivity (Wildman–Crippen MR) is 124 cm³/mol. The fourth-order valence-corrected chi connectivity index (χ4v) is 3.76. The first-order valence-electron chi connectivity index (χ1n) is 10.2. The Morgan fingerprint density at radius 1 is 1.10 bits per heavy atom. The van der Waals surface area contributed by atoms with Gasteiger partial charge in [-0.3, -0.25) is 9.59 Å². The lowest BCUT2D eigenvalue weighted by Gasteiger charge is -2.26. The van der Waals surface area contributed by atoms with E-state index in [1.807, 2.05) is 50.2 Å². The fraction of sp³-hybridized carbons (Fsp3) is 0.333. The summed E-state index contributed by atoms with van der Waals surface area (Å²) in [5.41, 5.74) is 1.34. The topological polar surface area (TPSA) is 70.1 Å². The van der Waals surface area contributed by atoms with Gasteiger partial charge < -0.3 is 19.6 Å². The summed E-state index contributed by atoms with van der Waals surface area (Å²) in [5.74, 6) is -0.717. The standard InChI is InChI=1S/C24H27BrN2O4/c1-4-15-31-19-11-7-16(8-12-19)21-20(22(28)17-5-9-18(25)10-6-17)23(29)24(30)27(21)14-13-26(2)3/h5-12,21,28H,4,13-15H2,1-3H3/b22-20-. The minimum atomic E-state index is -0.671. The molecule has 2 aromatic carbocycles. The van der Waals surface area contributed by atoms with E-state index in [1.165, 1.54) is 4.90 Å². The Labute approximate surface area is 191 Å². The van der Waals surface area contributed by atoms with Crippen LogP contribution in [0.5, 0.6) is 5.75 Å². The Kier molecular flexibility index (Phi) is 7.51. The molecular weight excluding hydrogens is 460 g/mol. The quantitative estimate of drug-likeness (QED) is 0.343. The molecule has 1 amide bonds. The number of halogens is 1. The Morgan fingerprint density at radius 2 is 1.74 bits per heavy atom. The van der Waals surface area contributed by atoms with Crippen LogP contribution in [-0.4, -0.2) is 60.4 Å². The second-order valence-corrected chi connectivity index (χ2v) is 8.64. The molecule has 0 aliphatic carbocycles. The molecule has 1 heterocycles. The first-order chi connectivity index (χ1) is 14.8. The summed E-state index contributed by atoms with van der Waals surface area (Å²) in [6.45, 7) is 3.62. The van der Waals surface area contributed by atoms with E-state index < -0.39 is 17.7 Å². The first kappa shape index (κ1) is 23.0. The van der Waals surface area contributed by atoms with Gasteiger partial charge in [0.2, 0.25) is 0 Å². The van der Waals surface area contributed by atoms with Gasteiger partial charge in [0.15, 0.2) is 0 Å². The number of carbonyl (C=O) groups is 2. The number of aliphatic hydroxyl groups excluding tert-OH is 1. The summed E-state index contributed by atoms with van der Waals surface area (Å²) < 4.78 is 6.51. The molecule has 0 spiro atoms. The number of benzene rings is 2. The molecule has 0 aromatic heterocycles. The lowest BCUT2D eigenvalue weighted by Crippen LogP contribution is -2.35. The van der Waals surface area contributed by atoms with Gasteiger partial charge in [-0.15, -0.1) is 0 Å². The molecule has 6 nitrogen and oxygen atoms in total. The zero-order valence-corrected chi connectivity index (χ0v) is 19.6. The minimum absolute atomic E-state index is 0.105. The first-order valence-corrected chi connectivity index (χ1v) is 11.0. The minimum Gasteiger partial charge on any atom is -0.507 e. The molecule has 31 heavy (non-hydrogen) atoms. The number of Topliss-reactive ketones (excluding diaryl/α,β-unsaturated/α-hetero) is 1. The van der Waals surface area contributed by atoms with E-state index in [2.05, 4.69) is 15.9 Å². The number of ether oxygens (including phenoxy) is 1. The van der Waals surface area contributed by atoms with Crippen LogP contribution in [0.2, 0.25) is 0 Å². The number of rotatable bonds is 8. The van der Waals surface area contributed by atoms with Crippen molar-refractivity contribution in [3.63, 3.8) is 0 Å². The van der Waals surface area contributed by atoms with Gasteiger partial charge in [-0.25, -0.2) is 0 Å². The Morgan fingerprint density at radius 3 is 2.32 bits per heavy atom. The second-order valence-electron chi connectivity index (χ2n) is 7.72. The fourth-order valence-electron chi connectivity index (χ4n) is 3.49. The van der Waals surface area contributed by atoms with Crippen molar-refractivity contribution in [2.24, 2.45) is 0 Å². The summed E-state index contributed by atoms with van der Waals surface area (Å²) in [6, 6.07) is 13.7. The third-order valence-electron chi connectivity index (χ3n) is 5.11. The third kappa shape index (κ3) is 5.17. The molecule has 1 atom stereocenters. The van der Waals surface area contributed by atoms with Crippen molar-refractivity contribution >= 4 is 33.4 Å². The van der Waals surface area contributed by atoms with Crippen molar-refractivity contribution in [2.45, 2.75) is 19.4 Å². The third-order valence-corrected chi connectivity index (χ3v) is 5.64. The Bertz CT molecular complexity index is 968. The average Bonchev–Trinajstić information content (AvgIpc) is 3.01. The highest BCUT2D eigenvalue weighted by molar-refractivity contribution is 9.10. The molecule has 1 saturated heterocycles. The van der Waals surface area contributed by atoms with Gasteiger partial charge >= 0.3 is 0 Å². The van der Waals surface area contributed by atoms with Crippen LogP contribution in [0, 0.1) is 0 Å². The van der Waals surface area contributed by atoms with Crippen LogP contribution in [0.15, 0.2) is 58.6 Å². The maximum absolute atomic E-state index is 13.0. The van der Waals surface area contributed by atoms with Crippen LogP contribution in [0.4, 0.5) is 0 Å². The summed E-state index contributed by atoms with van der Waals surface area (Å²) in [4.78, 5) is 29.4. The van der Waals surface area contributed by atoms with Gasteiger partial charge in [0.1, 0.15) is 11.5 Å². The largest absolute Gasteiger partial charge is 0.507 e. The van der Waals surface area contributed by atoms with Crippen LogP contribution in [0.3, 0.4) is 0 Å². The molecule has 1 aliphatic rings. The van der Waals surface area contributed by atoms with Gasteiger partial charge in [0, 0.05) is 23.1 Å². The van der Waals surface area contributed by atoms with Crippen molar-refractivity contribution in [3.8, 4) is 5.75 Å². The van der Waals surface area contributed by atoms with Crippen molar-refractivity contribution in [2.75, 3.05) is 33.8 Å². The molecule has 1 unspecified atom stereocenters. The summed E-state index contributed by atoms with van der Waals surface area (Å²) >= 11 is 3.37. The number of hydrogen-bond acceptors (Lipinski definition) is 5. The Balaban J connectivity index is 2.06. The average molecular weight is 487 g/mol. The highest BCUT2D eigenvalue weighted by Crippen LogP contribution is 2.39. The van der Waals surface area contributed by atoms with Crippen molar-refractivity contribution in [1.29, 1.82) is 0 Å². The molecule has 2 aromatic rings. The van der Waals surface area contributed by atoms with E-state index >= 15 is 0 Å². The SMILES string of the molecule is CCCOc1ccc(C2/C(=C(/O)c3ccc(Br)cc3)C(=O)C(=O)N2CCN(C)C)cc1. The van der Waals surface area contributed by atoms with E-state index in [0.29, 0.717) is 25.3 Å². The van der Waals surface area contributed by atoms with Gasteiger partial charge in [-0.1, -0.05) is 47.1 Å². The molecule has 0 radical (unpaired) electrons. The van der Waals surface area contributed by atoms with Crippen LogP contribution in [0.1, 0.15) is 30.5 Å². The van der Waals surface area contributed by atoms with Gasteiger partial charge in [0.25, 0.3) is 11.7 Å². The van der Waals surface area contributed by atoms with Gasteiger partial charge in [-0.05, 0) is 50.3 Å². The number of nitrogens with zero attached hydrogens (tertiary/aromatic N) is 2. The van der Waals surface area contributed by atoms with Crippen LogP contribution >= 0.6 is 15.9 Å². The number of likely N-dealkylation sites (N-methyl/N-ethyl adjacent to an activating group) is 1. The molecule has 0 bridgehead atoms. The van der Waals surface area contributed by atoms with E-state index in [9.17, 15) is 14.7 Å². The number of likely N-dealkylation sites (tertiary alicyclic amines) is 1. The van der Waals surface area contributed by atoms with E-state index in [1.54, 1.807) is 24.3 Å². The number of amides is 1. The highest BCUT2D eigenvalue weighted by Gasteiger charge is 2.45. The zero-order valence-electron chi connectivity index (χ0n) is 18.0. The second kappa shape index (κ2) is 10.1. The van der Waals surface area contributed by atoms with E-state index in [-0.39, 0.29) is 11.3 Å². The monoisotopic (exact) mass is 486 g/mol. The molecule has 1 fully saturated rings. The van der Waals surface area contributed by atoms with Crippen molar-refractivity contribution in [3.05, 3.63) is 69.7 Å². The molecule has 1 aliphatic heterocycles. The smallest absolute Gasteiger partial charge is 0.295 e. The van der Waals surface area contributed by atoms with Crippen LogP contribution < -0.4 is 4.74 Å². The predicted octanol–water partition coefficient (Wildman–Crippen LogP) is 4.22. The lowest BCUT2D eigenvalue weighted by molar-refractivity contribution is -0.140. The summed E-state index contributed by atoms with van der Waals surface area (Å²) in [5, 5.41) is 11.0. The highest BCUT2D eigenvalue weighted by atomic mass is 79.9. The number of ketones is 1. The normalized spacial score (nSPS) is 18.1. The molecule has 7 heteroatoms. The van der Waals surface area contributed by atoms with Gasteiger partial charge in [-0.2, -0.15) is 0 Å². The lowest BCUT2D eigenvalue weighted by atomic mass is 9.95. The molecular formula is C24H27BrN2O4.